The molecule has 0 atom stereocenters. The number of hydrogen-bond donors (Lipinski definition) is 0. The molecule has 0 fully saturated rings. The highest BCUT2D eigenvalue weighted by Gasteiger charge is 1.96. The zero-order valence-corrected chi connectivity index (χ0v) is 19.1. The zero-order valence-electron chi connectivity index (χ0n) is 19.1. The first kappa shape index (κ1) is 28.6. The van der Waals surface area contributed by atoms with E-state index in [1.807, 2.05) is 0 Å². The van der Waals surface area contributed by atoms with E-state index in [0.717, 1.165) is 12.8 Å². The first-order valence-electron chi connectivity index (χ1n) is 12.3. The van der Waals surface area contributed by atoms with Gasteiger partial charge in [-0.3, -0.25) is 10.1 Å². The van der Waals surface area contributed by atoms with Crippen LogP contribution in [-0.2, 0) is 0 Å². The predicted octanol–water partition coefficient (Wildman–Crippen LogP) is 9.11. The van der Waals surface area contributed by atoms with Crippen molar-refractivity contribution in [1.29, 1.82) is 0 Å². The Morgan fingerprint density at radius 2 is 0.667 bits per heavy atom. The summed E-state index contributed by atoms with van der Waals surface area (Å²) in [5.74, 6) is 0. The molecule has 0 radical (unpaired) electrons. The Morgan fingerprint density at radius 3 is 0.889 bits per heavy atom. The predicted molar refractivity (Wildman–Crippen MR) is 121 cm³/mol. The summed E-state index contributed by atoms with van der Waals surface area (Å²) >= 11 is 0. The van der Waals surface area contributed by atoms with E-state index in [0.29, 0.717) is 0 Å². The van der Waals surface area contributed by atoms with Crippen LogP contribution >= 0.6 is 0 Å². The lowest BCUT2D eigenvalue weighted by Crippen LogP contribution is -1.99. The fourth-order valence-electron chi connectivity index (χ4n) is 3.29. The Balaban J connectivity index is 0. The van der Waals surface area contributed by atoms with Crippen LogP contribution in [0.15, 0.2) is 0 Å². The van der Waals surface area contributed by atoms with Gasteiger partial charge in [-0.2, -0.15) is 0 Å². The van der Waals surface area contributed by atoms with Crippen LogP contribution in [-0.4, -0.2) is 11.5 Å². The number of nitrogens with zero attached hydrogens (tertiary/aromatic N) is 1. The van der Waals surface area contributed by atoms with E-state index in [2.05, 4.69) is 20.8 Å². The maximum atomic E-state index is 10.0. The van der Waals surface area contributed by atoms with E-state index >= 15 is 0 Å². The van der Waals surface area contributed by atoms with Crippen molar-refractivity contribution in [3.05, 3.63) is 10.1 Å². The topological polar surface area (TPSA) is 43.1 Å². The van der Waals surface area contributed by atoms with Gasteiger partial charge in [-0.1, -0.05) is 136 Å². The van der Waals surface area contributed by atoms with Gasteiger partial charge in [0.05, 0.1) is 0 Å². The first-order valence-corrected chi connectivity index (χ1v) is 12.3. The fourth-order valence-corrected chi connectivity index (χ4v) is 3.29. The van der Waals surface area contributed by atoms with Gasteiger partial charge in [-0.15, -0.1) is 0 Å². The third-order valence-corrected chi connectivity index (χ3v) is 5.15. The molecule has 0 aromatic heterocycles. The van der Waals surface area contributed by atoms with Gasteiger partial charge in [0.15, 0.2) is 0 Å². The molecule has 3 nitrogen and oxygen atoms in total. The van der Waals surface area contributed by atoms with Gasteiger partial charge >= 0.3 is 0 Å². The number of nitro groups is 1. The van der Waals surface area contributed by atoms with Crippen molar-refractivity contribution in [2.75, 3.05) is 6.54 Å². The minimum atomic E-state index is -0.218. The fraction of sp³-hybridized carbons (Fsp3) is 1.00. The average molecular weight is 386 g/mol. The minimum Gasteiger partial charge on any atom is -0.265 e. The molecule has 0 unspecified atom stereocenters. The van der Waals surface area contributed by atoms with Crippen molar-refractivity contribution >= 4 is 0 Å². The van der Waals surface area contributed by atoms with E-state index in [4.69, 9.17) is 0 Å². The van der Waals surface area contributed by atoms with E-state index in [1.165, 1.54) is 116 Å². The number of rotatable bonds is 20. The van der Waals surface area contributed by atoms with Gasteiger partial charge in [0.2, 0.25) is 6.54 Å². The molecule has 27 heavy (non-hydrogen) atoms. The lowest BCUT2D eigenvalue weighted by Gasteiger charge is -2.00. The maximum Gasteiger partial charge on any atom is 0.203 e. The SMILES string of the molecule is CCCCCCCCCCCC.CCCCCCCCCCCC[N+](=O)[O-]. The van der Waals surface area contributed by atoms with Crippen LogP contribution in [0.25, 0.3) is 0 Å². The molecule has 0 aliphatic heterocycles. The molecule has 0 aliphatic rings. The van der Waals surface area contributed by atoms with Crippen molar-refractivity contribution in [3.8, 4) is 0 Å². The van der Waals surface area contributed by atoms with Crippen molar-refractivity contribution < 1.29 is 4.92 Å². The summed E-state index contributed by atoms with van der Waals surface area (Å²) in [6.45, 7) is 6.94. The first-order chi connectivity index (χ1) is 13.2. The second-order valence-corrected chi connectivity index (χ2v) is 8.07. The van der Waals surface area contributed by atoms with Crippen LogP contribution in [0.1, 0.15) is 149 Å². The summed E-state index contributed by atoms with van der Waals surface area (Å²) in [7, 11) is 0. The molecule has 0 spiro atoms. The molecule has 0 saturated carbocycles. The quantitative estimate of drug-likeness (QED) is 0.119. The molecule has 0 rings (SSSR count). The van der Waals surface area contributed by atoms with Crippen molar-refractivity contribution in [2.45, 2.75) is 149 Å². The lowest BCUT2D eigenvalue weighted by atomic mass is 10.1. The van der Waals surface area contributed by atoms with E-state index in [9.17, 15) is 10.1 Å². The Hall–Kier alpha value is -0.600. The smallest absolute Gasteiger partial charge is 0.203 e. The Labute approximate surface area is 171 Å². The molecular weight excluding hydrogens is 334 g/mol. The highest BCUT2D eigenvalue weighted by Crippen LogP contribution is 2.11. The normalized spacial score (nSPS) is 10.5. The van der Waals surface area contributed by atoms with Crippen LogP contribution in [0.3, 0.4) is 0 Å². The van der Waals surface area contributed by atoms with Gasteiger partial charge in [0.1, 0.15) is 0 Å². The lowest BCUT2D eigenvalue weighted by molar-refractivity contribution is -0.480. The molecule has 0 amide bonds. The van der Waals surface area contributed by atoms with Crippen molar-refractivity contribution in [1.82, 2.24) is 0 Å². The molecule has 0 aromatic carbocycles. The summed E-state index contributed by atoms with van der Waals surface area (Å²) in [6.07, 6.45) is 26.7. The average Bonchev–Trinajstić information content (AvgIpc) is 2.66. The standard InChI is InChI=1S/C12H25NO2.C12H26/c1-2-3-4-5-6-7-8-9-10-11-12-13(14)15;1-3-5-7-9-11-12-10-8-6-4-2/h2-12H2,1H3;3-12H2,1-2H3. The summed E-state index contributed by atoms with van der Waals surface area (Å²) in [5.41, 5.74) is 0. The van der Waals surface area contributed by atoms with Crippen LogP contribution in [0.5, 0.6) is 0 Å². The summed E-state index contributed by atoms with van der Waals surface area (Å²) in [6, 6.07) is 0. The van der Waals surface area contributed by atoms with E-state index < -0.39 is 0 Å². The Morgan fingerprint density at radius 1 is 0.444 bits per heavy atom. The van der Waals surface area contributed by atoms with E-state index in [1.54, 1.807) is 0 Å². The van der Waals surface area contributed by atoms with Gasteiger partial charge < -0.3 is 0 Å². The van der Waals surface area contributed by atoms with Gasteiger partial charge in [-0.05, 0) is 6.42 Å². The molecule has 0 bridgehead atoms. The molecule has 0 aliphatic carbocycles. The monoisotopic (exact) mass is 385 g/mol. The van der Waals surface area contributed by atoms with Crippen LogP contribution < -0.4 is 0 Å². The molecule has 164 valence electrons. The van der Waals surface area contributed by atoms with Crippen molar-refractivity contribution in [2.24, 2.45) is 0 Å². The Bertz CT molecular complexity index is 259. The summed E-state index contributed by atoms with van der Waals surface area (Å²) in [5, 5.41) is 10.0. The third kappa shape index (κ3) is 33.4. The highest BCUT2D eigenvalue weighted by molar-refractivity contribution is 4.47. The van der Waals surface area contributed by atoms with Gasteiger partial charge in [0, 0.05) is 11.3 Å². The van der Waals surface area contributed by atoms with Gasteiger partial charge in [-0.25, -0.2) is 0 Å². The molecule has 3 heteroatoms. The van der Waals surface area contributed by atoms with Crippen LogP contribution in [0, 0.1) is 10.1 Å². The van der Waals surface area contributed by atoms with Crippen LogP contribution in [0.2, 0.25) is 0 Å². The minimum absolute atomic E-state index is 0.149. The second kappa shape index (κ2) is 27.6. The maximum absolute atomic E-state index is 10.0. The molecular formula is C24H51NO2. The van der Waals surface area contributed by atoms with Crippen LogP contribution in [0.4, 0.5) is 0 Å². The third-order valence-electron chi connectivity index (χ3n) is 5.15. The second-order valence-electron chi connectivity index (χ2n) is 8.07. The van der Waals surface area contributed by atoms with Gasteiger partial charge in [0.25, 0.3) is 0 Å². The zero-order chi connectivity index (χ0) is 20.4. The highest BCUT2D eigenvalue weighted by atomic mass is 16.6. The molecule has 0 saturated heterocycles. The number of hydrogen-bond acceptors (Lipinski definition) is 2. The largest absolute Gasteiger partial charge is 0.265 e. The Kier molecular flexibility index (Phi) is 29.3. The molecule has 0 aromatic rings. The van der Waals surface area contributed by atoms with Crippen molar-refractivity contribution in [3.63, 3.8) is 0 Å². The molecule has 0 N–H and O–H groups in total. The van der Waals surface area contributed by atoms with E-state index in [-0.39, 0.29) is 11.5 Å². The molecule has 0 heterocycles. The summed E-state index contributed by atoms with van der Waals surface area (Å²) in [4.78, 5) is 9.82. The number of unbranched alkanes of at least 4 members (excludes halogenated alkanes) is 18. The summed E-state index contributed by atoms with van der Waals surface area (Å²) < 4.78 is 0.